The molecule has 4 fully saturated rings. The van der Waals surface area contributed by atoms with Crippen LogP contribution in [0.4, 0.5) is 0 Å². The van der Waals surface area contributed by atoms with Crippen LogP contribution in [-0.2, 0) is 23.8 Å². The fraction of sp³-hybridized carbons (Fsp3) is 0.846. The highest BCUT2D eigenvalue weighted by molar-refractivity contribution is 5.86. The highest BCUT2D eigenvalue weighted by Gasteiger charge is 2.92. The van der Waals surface area contributed by atoms with Gasteiger partial charge in [-0.05, 0) is 12.8 Å². The molecule has 7 heteroatoms. The summed E-state index contributed by atoms with van der Waals surface area (Å²) in [6, 6.07) is 0. The molecule has 1 saturated carbocycles. The van der Waals surface area contributed by atoms with Crippen molar-refractivity contribution in [2.24, 2.45) is 17.3 Å². The zero-order valence-electron chi connectivity index (χ0n) is 11.2. The first kappa shape index (κ1) is 12.6. The number of hydrogen-bond acceptors (Lipinski definition) is 7. The van der Waals surface area contributed by atoms with Gasteiger partial charge in [0, 0.05) is 5.92 Å². The molecule has 0 aromatic carbocycles. The maximum Gasteiger partial charge on any atom is 0.372 e. The number of carbonyl (C=O) groups is 2. The average Bonchev–Trinajstić information content (AvgIpc) is 2.94. The maximum absolute atomic E-state index is 11.8. The van der Waals surface area contributed by atoms with Gasteiger partial charge < -0.3 is 24.4 Å². The highest BCUT2D eigenvalue weighted by atomic mass is 16.8. The number of ether oxygens (including phenoxy) is 3. The normalized spacial score (nSPS) is 60.0. The fourth-order valence-corrected chi connectivity index (χ4v) is 4.29. The van der Waals surface area contributed by atoms with Gasteiger partial charge in [0.25, 0.3) is 0 Å². The molecule has 0 aromatic heterocycles. The van der Waals surface area contributed by atoms with Gasteiger partial charge in [0.1, 0.15) is 6.10 Å². The average molecular weight is 284 g/mol. The summed E-state index contributed by atoms with van der Waals surface area (Å²) in [5.41, 5.74) is -2.38. The molecule has 0 amide bonds. The third-order valence-electron chi connectivity index (χ3n) is 5.70. The number of aliphatic hydroxyl groups is 2. The zero-order valence-corrected chi connectivity index (χ0v) is 11.2. The Labute approximate surface area is 114 Å². The molecule has 110 valence electrons. The maximum atomic E-state index is 11.8. The Bertz CT molecular complexity index is 533. The second-order valence-corrected chi connectivity index (χ2v) is 6.51. The van der Waals surface area contributed by atoms with Crippen molar-refractivity contribution in [2.75, 3.05) is 0 Å². The van der Waals surface area contributed by atoms with E-state index in [1.807, 2.05) is 0 Å². The first-order valence-electron chi connectivity index (χ1n) is 6.80. The molecule has 3 aliphatic heterocycles. The van der Waals surface area contributed by atoms with Crippen LogP contribution in [0.5, 0.6) is 0 Å². The summed E-state index contributed by atoms with van der Waals surface area (Å²) in [5.74, 6) is -3.91. The summed E-state index contributed by atoms with van der Waals surface area (Å²) in [6.07, 6.45) is -0.986. The van der Waals surface area contributed by atoms with Gasteiger partial charge in [0.2, 0.25) is 6.29 Å². The van der Waals surface area contributed by atoms with E-state index in [1.165, 1.54) is 0 Å². The van der Waals surface area contributed by atoms with Gasteiger partial charge in [-0.15, -0.1) is 0 Å². The van der Waals surface area contributed by atoms with Crippen molar-refractivity contribution in [1.29, 1.82) is 0 Å². The number of cyclic esters (lactones) is 1. The SMILES string of the molecule is CC1C(=O)OC2C1CCC1(C)C(O)OC(=O)C3(O)OC231. The Hall–Kier alpha value is -1.18. The highest BCUT2D eigenvalue weighted by Crippen LogP contribution is 2.70. The summed E-state index contributed by atoms with van der Waals surface area (Å²) in [5, 5.41) is 20.5. The number of epoxide rings is 1. The van der Waals surface area contributed by atoms with Crippen molar-refractivity contribution in [3.63, 3.8) is 0 Å². The molecule has 7 nitrogen and oxygen atoms in total. The van der Waals surface area contributed by atoms with Gasteiger partial charge in [0.05, 0.1) is 11.3 Å². The van der Waals surface area contributed by atoms with Crippen LogP contribution in [0.2, 0.25) is 0 Å². The first-order chi connectivity index (χ1) is 9.28. The van der Waals surface area contributed by atoms with Gasteiger partial charge >= 0.3 is 17.7 Å². The van der Waals surface area contributed by atoms with Crippen LogP contribution in [0.15, 0.2) is 0 Å². The minimum atomic E-state index is -2.12. The molecule has 0 bridgehead atoms. The molecule has 7 atom stereocenters. The predicted molar refractivity (Wildman–Crippen MR) is 60.7 cm³/mol. The molecular weight excluding hydrogens is 268 g/mol. The summed E-state index contributed by atoms with van der Waals surface area (Å²) >= 11 is 0. The van der Waals surface area contributed by atoms with Gasteiger partial charge in [-0.25, -0.2) is 4.79 Å². The van der Waals surface area contributed by atoms with Crippen molar-refractivity contribution in [1.82, 2.24) is 0 Å². The number of fused-ring (bicyclic) bond motifs is 1. The molecular formula is C13H16O7. The summed E-state index contributed by atoms with van der Waals surface area (Å²) in [4.78, 5) is 23.6. The largest absolute Gasteiger partial charge is 0.458 e. The number of aliphatic hydroxyl groups excluding tert-OH is 1. The monoisotopic (exact) mass is 284 g/mol. The molecule has 4 rings (SSSR count). The Morgan fingerprint density at radius 3 is 2.70 bits per heavy atom. The van der Waals surface area contributed by atoms with E-state index in [-0.39, 0.29) is 17.8 Å². The van der Waals surface area contributed by atoms with E-state index in [9.17, 15) is 19.8 Å². The molecule has 3 heterocycles. The topological polar surface area (TPSA) is 106 Å². The molecule has 3 saturated heterocycles. The summed E-state index contributed by atoms with van der Waals surface area (Å²) in [6.45, 7) is 3.46. The lowest BCUT2D eigenvalue weighted by Crippen LogP contribution is -2.66. The second-order valence-electron chi connectivity index (χ2n) is 6.51. The quantitative estimate of drug-likeness (QED) is 0.447. The number of esters is 2. The van der Waals surface area contributed by atoms with Crippen LogP contribution < -0.4 is 0 Å². The lowest BCUT2D eigenvalue weighted by atomic mass is 9.58. The Morgan fingerprint density at radius 2 is 2.00 bits per heavy atom. The van der Waals surface area contributed by atoms with Crippen molar-refractivity contribution < 1.29 is 34.0 Å². The molecule has 2 N–H and O–H groups in total. The first-order valence-corrected chi connectivity index (χ1v) is 6.80. The lowest BCUT2D eigenvalue weighted by molar-refractivity contribution is -0.248. The van der Waals surface area contributed by atoms with Crippen LogP contribution in [-0.4, -0.2) is 45.9 Å². The number of hydrogen-bond donors (Lipinski definition) is 2. The van der Waals surface area contributed by atoms with Crippen molar-refractivity contribution in [3.8, 4) is 0 Å². The van der Waals surface area contributed by atoms with Gasteiger partial charge in [0.15, 0.2) is 5.60 Å². The molecule has 1 spiro atoms. The Balaban J connectivity index is 1.85. The molecule has 0 aromatic rings. The Kier molecular flexibility index (Phi) is 2.00. The zero-order chi connectivity index (χ0) is 14.5. The van der Waals surface area contributed by atoms with Crippen LogP contribution in [0.25, 0.3) is 0 Å². The van der Waals surface area contributed by atoms with Gasteiger partial charge in [-0.1, -0.05) is 13.8 Å². The van der Waals surface area contributed by atoms with Crippen LogP contribution in [0.3, 0.4) is 0 Å². The van der Waals surface area contributed by atoms with Crippen LogP contribution in [0.1, 0.15) is 26.7 Å². The smallest absolute Gasteiger partial charge is 0.372 e. The standard InChI is InChI=1S/C13H16O7/c1-5-6-3-4-11(2)9(15)19-10(16)13(17)12(11,20-13)7(6)18-8(5)14/h5-7,9,15,17H,3-4H2,1-2H3. The molecule has 20 heavy (non-hydrogen) atoms. The van der Waals surface area contributed by atoms with E-state index in [1.54, 1.807) is 13.8 Å². The molecule has 0 radical (unpaired) electrons. The molecule has 7 unspecified atom stereocenters. The lowest BCUT2D eigenvalue weighted by Gasteiger charge is -2.49. The van der Waals surface area contributed by atoms with Crippen molar-refractivity contribution >= 4 is 11.9 Å². The third kappa shape index (κ3) is 1.00. The second kappa shape index (κ2) is 3.18. The van der Waals surface area contributed by atoms with E-state index < -0.39 is 35.2 Å². The predicted octanol–water partition coefficient (Wildman–Crippen LogP) is -0.703. The third-order valence-corrected chi connectivity index (χ3v) is 5.70. The minimum absolute atomic E-state index is 0.123. The van der Waals surface area contributed by atoms with E-state index in [0.29, 0.717) is 12.8 Å². The van der Waals surface area contributed by atoms with Crippen molar-refractivity contribution in [2.45, 2.75) is 50.5 Å². The van der Waals surface area contributed by atoms with E-state index >= 15 is 0 Å². The van der Waals surface area contributed by atoms with E-state index in [0.717, 1.165) is 0 Å². The van der Waals surface area contributed by atoms with E-state index in [2.05, 4.69) is 0 Å². The molecule has 1 aliphatic carbocycles. The van der Waals surface area contributed by atoms with Crippen LogP contribution in [0, 0.1) is 17.3 Å². The number of rotatable bonds is 0. The van der Waals surface area contributed by atoms with Crippen molar-refractivity contribution in [3.05, 3.63) is 0 Å². The minimum Gasteiger partial charge on any atom is -0.458 e. The fourth-order valence-electron chi connectivity index (χ4n) is 4.29. The van der Waals surface area contributed by atoms with Crippen LogP contribution >= 0.6 is 0 Å². The molecule has 4 aliphatic rings. The summed E-state index contributed by atoms with van der Waals surface area (Å²) < 4.78 is 15.6. The number of carbonyl (C=O) groups excluding carboxylic acids is 2. The summed E-state index contributed by atoms with van der Waals surface area (Å²) in [7, 11) is 0. The van der Waals surface area contributed by atoms with Gasteiger partial charge in [-0.3, -0.25) is 4.79 Å². The Morgan fingerprint density at radius 1 is 1.30 bits per heavy atom. The van der Waals surface area contributed by atoms with E-state index in [4.69, 9.17) is 14.2 Å². The van der Waals surface area contributed by atoms with Gasteiger partial charge in [-0.2, -0.15) is 0 Å².